The molecule has 1 saturated heterocycles. The van der Waals surface area contributed by atoms with E-state index in [1.165, 1.54) is 19.3 Å². The number of hydrogen-bond donors (Lipinski definition) is 2. The van der Waals surface area contributed by atoms with E-state index in [-0.39, 0.29) is 12.6 Å². The van der Waals surface area contributed by atoms with Crippen LogP contribution in [0.4, 0.5) is 13.2 Å². The molecule has 2 N–H and O–H groups in total. The van der Waals surface area contributed by atoms with Crippen LogP contribution in [0.2, 0.25) is 0 Å². The van der Waals surface area contributed by atoms with Crippen LogP contribution in [0, 0.1) is 0 Å². The summed E-state index contributed by atoms with van der Waals surface area (Å²) in [4.78, 5) is 13.7. The summed E-state index contributed by atoms with van der Waals surface area (Å²) < 4.78 is 35.6. The van der Waals surface area contributed by atoms with Gasteiger partial charge in [-0.25, -0.2) is 0 Å². The molecule has 112 valence electrons. The third kappa shape index (κ3) is 8.05. The fraction of sp³-hybridized carbons (Fsp3) is 0.917. The lowest BCUT2D eigenvalue weighted by atomic mass is 10.1. The maximum Gasteiger partial charge on any atom is 0.401 e. The van der Waals surface area contributed by atoms with E-state index in [2.05, 4.69) is 15.5 Å². The summed E-state index contributed by atoms with van der Waals surface area (Å²) in [7, 11) is 0. The Hall–Kier alpha value is -0.820. The highest BCUT2D eigenvalue weighted by atomic mass is 19.4. The molecule has 0 radical (unpaired) electrons. The third-order valence-corrected chi connectivity index (χ3v) is 3.00. The Morgan fingerprint density at radius 2 is 1.89 bits per heavy atom. The molecule has 0 aromatic rings. The fourth-order valence-electron chi connectivity index (χ4n) is 2.22. The minimum atomic E-state index is -4.28. The summed E-state index contributed by atoms with van der Waals surface area (Å²) in [5.41, 5.74) is 0. The van der Waals surface area contributed by atoms with Crippen molar-refractivity contribution in [1.82, 2.24) is 15.5 Å². The predicted molar refractivity (Wildman–Crippen MR) is 66.8 cm³/mol. The fourth-order valence-corrected chi connectivity index (χ4v) is 2.22. The monoisotopic (exact) mass is 281 g/mol. The molecule has 0 aromatic heterocycles. The van der Waals surface area contributed by atoms with Gasteiger partial charge in [-0.05, 0) is 32.9 Å². The maximum atomic E-state index is 11.9. The zero-order chi connectivity index (χ0) is 14.3. The average Bonchev–Trinajstić information content (AvgIpc) is 2.28. The largest absolute Gasteiger partial charge is 0.401 e. The summed E-state index contributed by atoms with van der Waals surface area (Å²) in [6.45, 7) is 3.26. The van der Waals surface area contributed by atoms with E-state index in [0.29, 0.717) is 0 Å². The predicted octanol–water partition coefficient (Wildman–Crippen LogP) is 1.13. The van der Waals surface area contributed by atoms with Crippen molar-refractivity contribution in [3.05, 3.63) is 0 Å². The number of nitrogens with one attached hydrogen (secondary N) is 2. The highest BCUT2D eigenvalue weighted by Crippen LogP contribution is 2.11. The lowest BCUT2D eigenvalue weighted by molar-refractivity contribution is -0.128. The lowest BCUT2D eigenvalue weighted by Gasteiger charge is -2.29. The summed E-state index contributed by atoms with van der Waals surface area (Å²) in [5, 5.41) is 4.79. The van der Waals surface area contributed by atoms with Gasteiger partial charge in [-0.2, -0.15) is 13.2 Å². The van der Waals surface area contributed by atoms with Crippen LogP contribution in [0.25, 0.3) is 0 Å². The van der Waals surface area contributed by atoms with Crippen LogP contribution in [0.15, 0.2) is 0 Å². The minimum Gasteiger partial charge on any atom is -0.351 e. The molecule has 1 atom stereocenters. The van der Waals surface area contributed by atoms with Gasteiger partial charge in [0.2, 0.25) is 5.91 Å². The van der Waals surface area contributed by atoms with Gasteiger partial charge < -0.3 is 15.5 Å². The normalized spacial score (nSPS) is 19.2. The first-order valence-electron chi connectivity index (χ1n) is 6.66. The van der Waals surface area contributed by atoms with Crippen molar-refractivity contribution in [3.8, 4) is 0 Å². The SMILES string of the molecule is CC(CN1CCCCC1)NC(=O)CNCC(F)(F)F. The third-order valence-electron chi connectivity index (χ3n) is 3.00. The summed E-state index contributed by atoms with van der Waals surface area (Å²) in [6.07, 6.45) is -0.681. The summed E-state index contributed by atoms with van der Waals surface area (Å²) in [5.74, 6) is -0.395. The van der Waals surface area contributed by atoms with Gasteiger partial charge in [-0.3, -0.25) is 4.79 Å². The number of alkyl halides is 3. The second-order valence-electron chi connectivity index (χ2n) is 5.05. The van der Waals surface area contributed by atoms with Gasteiger partial charge >= 0.3 is 6.18 Å². The topological polar surface area (TPSA) is 44.4 Å². The molecular formula is C12H22F3N3O. The molecule has 4 nitrogen and oxygen atoms in total. The highest BCUT2D eigenvalue weighted by molar-refractivity contribution is 5.78. The molecule has 0 bridgehead atoms. The number of amides is 1. The molecule has 1 unspecified atom stereocenters. The molecule has 0 aromatic carbocycles. The molecule has 1 rings (SSSR count). The Morgan fingerprint density at radius 1 is 1.26 bits per heavy atom. The van der Waals surface area contributed by atoms with Gasteiger partial charge in [-0.15, -0.1) is 0 Å². The van der Waals surface area contributed by atoms with Crippen LogP contribution in [-0.2, 0) is 4.79 Å². The number of halogens is 3. The highest BCUT2D eigenvalue weighted by Gasteiger charge is 2.26. The molecule has 7 heteroatoms. The van der Waals surface area contributed by atoms with E-state index < -0.39 is 18.6 Å². The number of piperidine rings is 1. The van der Waals surface area contributed by atoms with Crippen LogP contribution in [0.3, 0.4) is 0 Å². The molecular weight excluding hydrogens is 259 g/mol. The second kappa shape index (κ2) is 7.69. The number of rotatable bonds is 6. The number of hydrogen-bond acceptors (Lipinski definition) is 3. The van der Waals surface area contributed by atoms with Crippen LogP contribution in [0.1, 0.15) is 26.2 Å². The molecule has 1 heterocycles. The van der Waals surface area contributed by atoms with E-state index >= 15 is 0 Å². The van der Waals surface area contributed by atoms with Crippen LogP contribution < -0.4 is 10.6 Å². The van der Waals surface area contributed by atoms with Crippen molar-refractivity contribution >= 4 is 5.91 Å². The number of carbonyl (C=O) groups is 1. The molecule has 1 fully saturated rings. The summed E-state index contributed by atoms with van der Waals surface area (Å²) >= 11 is 0. The Morgan fingerprint density at radius 3 is 2.47 bits per heavy atom. The molecule has 1 aliphatic heterocycles. The van der Waals surface area contributed by atoms with Gasteiger partial charge in [0.15, 0.2) is 0 Å². The van der Waals surface area contributed by atoms with E-state index in [9.17, 15) is 18.0 Å². The smallest absolute Gasteiger partial charge is 0.351 e. The van der Waals surface area contributed by atoms with E-state index in [1.54, 1.807) is 0 Å². The van der Waals surface area contributed by atoms with E-state index in [0.717, 1.165) is 19.6 Å². The van der Waals surface area contributed by atoms with Crippen molar-refractivity contribution in [2.24, 2.45) is 0 Å². The molecule has 0 spiro atoms. The molecule has 19 heavy (non-hydrogen) atoms. The minimum absolute atomic E-state index is 0.0433. The zero-order valence-electron chi connectivity index (χ0n) is 11.2. The standard InChI is InChI=1S/C12H22F3N3O/c1-10(8-18-5-3-2-4-6-18)17-11(19)7-16-9-12(13,14)15/h10,16H,2-9H2,1H3,(H,17,19). The number of carbonyl (C=O) groups excluding carboxylic acids is 1. The van der Waals surface area contributed by atoms with Gasteiger partial charge in [-0.1, -0.05) is 6.42 Å². The summed E-state index contributed by atoms with van der Waals surface area (Å²) in [6, 6.07) is -0.0433. The number of likely N-dealkylation sites (tertiary alicyclic amines) is 1. The molecule has 1 aliphatic rings. The van der Waals surface area contributed by atoms with E-state index in [1.807, 2.05) is 6.92 Å². The Balaban J connectivity index is 2.13. The Kier molecular flexibility index (Phi) is 6.57. The zero-order valence-corrected chi connectivity index (χ0v) is 11.2. The van der Waals surface area contributed by atoms with Gasteiger partial charge in [0, 0.05) is 12.6 Å². The van der Waals surface area contributed by atoms with Gasteiger partial charge in [0.05, 0.1) is 13.1 Å². The van der Waals surface area contributed by atoms with Gasteiger partial charge in [0.25, 0.3) is 0 Å². The molecule has 1 amide bonds. The average molecular weight is 281 g/mol. The van der Waals surface area contributed by atoms with E-state index in [4.69, 9.17) is 0 Å². The molecule has 0 aliphatic carbocycles. The van der Waals surface area contributed by atoms with Crippen LogP contribution in [0.5, 0.6) is 0 Å². The van der Waals surface area contributed by atoms with Crippen LogP contribution >= 0.6 is 0 Å². The molecule has 0 saturated carbocycles. The lowest BCUT2D eigenvalue weighted by Crippen LogP contribution is -2.46. The Labute approximate surface area is 111 Å². The van der Waals surface area contributed by atoms with Crippen molar-refractivity contribution in [1.29, 1.82) is 0 Å². The van der Waals surface area contributed by atoms with Gasteiger partial charge in [0.1, 0.15) is 0 Å². The Bertz CT molecular complexity index is 278. The van der Waals surface area contributed by atoms with Crippen molar-refractivity contribution < 1.29 is 18.0 Å². The maximum absolute atomic E-state index is 11.9. The van der Waals surface area contributed by atoms with Crippen molar-refractivity contribution in [2.45, 2.75) is 38.4 Å². The first-order valence-corrected chi connectivity index (χ1v) is 6.66. The second-order valence-corrected chi connectivity index (χ2v) is 5.05. The van der Waals surface area contributed by atoms with Crippen molar-refractivity contribution in [2.75, 3.05) is 32.7 Å². The van der Waals surface area contributed by atoms with Crippen LogP contribution in [-0.4, -0.2) is 55.7 Å². The van der Waals surface area contributed by atoms with Crippen molar-refractivity contribution in [3.63, 3.8) is 0 Å². The quantitative estimate of drug-likeness (QED) is 0.767. The first-order chi connectivity index (χ1) is 8.87. The number of nitrogens with zero attached hydrogens (tertiary/aromatic N) is 1. The first kappa shape index (κ1) is 16.2.